The van der Waals surface area contributed by atoms with E-state index in [-0.39, 0.29) is 11.9 Å². The van der Waals surface area contributed by atoms with Gasteiger partial charge < -0.3 is 10.6 Å². The standard InChI is InChI=1S/C16H26N2O/c1-12(2)10-13(3)18(4)16(19)15(17)11-14-8-6-5-7-9-14/h5-9,12-13,15H,10-11,17H2,1-4H3/t13?,15-/m1/s1. The van der Waals surface area contributed by atoms with Gasteiger partial charge in [0.15, 0.2) is 0 Å². The van der Waals surface area contributed by atoms with Crippen molar-refractivity contribution in [2.45, 2.75) is 45.7 Å². The topological polar surface area (TPSA) is 46.3 Å². The minimum Gasteiger partial charge on any atom is -0.342 e. The lowest BCUT2D eigenvalue weighted by Crippen LogP contribution is -2.46. The van der Waals surface area contributed by atoms with Crippen molar-refractivity contribution < 1.29 is 4.79 Å². The third kappa shape index (κ3) is 5.03. The summed E-state index contributed by atoms with van der Waals surface area (Å²) in [6, 6.07) is 9.69. The van der Waals surface area contributed by atoms with Gasteiger partial charge in [-0.25, -0.2) is 0 Å². The molecular weight excluding hydrogens is 236 g/mol. The SMILES string of the molecule is CC(C)CC(C)N(C)C(=O)[C@H](N)Cc1ccccc1. The Morgan fingerprint density at radius 2 is 1.79 bits per heavy atom. The smallest absolute Gasteiger partial charge is 0.239 e. The fourth-order valence-corrected chi connectivity index (χ4v) is 2.27. The third-order valence-electron chi connectivity index (χ3n) is 3.44. The van der Waals surface area contributed by atoms with Crippen molar-refractivity contribution in [1.82, 2.24) is 4.90 Å². The lowest BCUT2D eigenvalue weighted by Gasteiger charge is -2.28. The van der Waals surface area contributed by atoms with Gasteiger partial charge in [-0.15, -0.1) is 0 Å². The number of rotatable bonds is 6. The van der Waals surface area contributed by atoms with Crippen LogP contribution in [0.1, 0.15) is 32.8 Å². The maximum absolute atomic E-state index is 12.3. The van der Waals surface area contributed by atoms with E-state index < -0.39 is 6.04 Å². The quantitative estimate of drug-likeness (QED) is 0.856. The van der Waals surface area contributed by atoms with Crippen molar-refractivity contribution >= 4 is 5.91 Å². The first-order valence-corrected chi connectivity index (χ1v) is 6.98. The number of likely N-dealkylation sites (N-methyl/N-ethyl adjacent to an activating group) is 1. The summed E-state index contributed by atoms with van der Waals surface area (Å²) in [6.45, 7) is 6.41. The van der Waals surface area contributed by atoms with Crippen molar-refractivity contribution in [3.63, 3.8) is 0 Å². The molecule has 19 heavy (non-hydrogen) atoms. The molecular formula is C16H26N2O. The van der Waals surface area contributed by atoms with Crippen molar-refractivity contribution in [3.8, 4) is 0 Å². The first-order chi connectivity index (χ1) is 8.91. The molecule has 0 saturated carbocycles. The number of nitrogens with zero attached hydrogens (tertiary/aromatic N) is 1. The van der Waals surface area contributed by atoms with E-state index in [1.165, 1.54) is 0 Å². The first-order valence-electron chi connectivity index (χ1n) is 6.98. The van der Waals surface area contributed by atoms with Crippen molar-refractivity contribution in [2.24, 2.45) is 11.7 Å². The van der Waals surface area contributed by atoms with Gasteiger partial charge in [0.2, 0.25) is 5.91 Å². The molecule has 0 spiro atoms. The monoisotopic (exact) mass is 262 g/mol. The van der Waals surface area contributed by atoms with E-state index in [0.717, 1.165) is 12.0 Å². The maximum Gasteiger partial charge on any atom is 0.239 e. The predicted octanol–water partition coefficient (Wildman–Crippen LogP) is 2.45. The Labute approximate surface area is 116 Å². The van der Waals surface area contributed by atoms with Crippen LogP contribution in [0.2, 0.25) is 0 Å². The largest absolute Gasteiger partial charge is 0.342 e. The van der Waals surface area contributed by atoms with Crippen LogP contribution in [0, 0.1) is 5.92 Å². The van der Waals surface area contributed by atoms with Crippen LogP contribution in [-0.4, -0.2) is 29.9 Å². The number of benzene rings is 1. The summed E-state index contributed by atoms with van der Waals surface area (Å²) in [7, 11) is 1.85. The van der Waals surface area contributed by atoms with Crippen molar-refractivity contribution in [1.29, 1.82) is 0 Å². The molecule has 0 fully saturated rings. The lowest BCUT2D eigenvalue weighted by molar-refractivity contribution is -0.133. The van der Waals surface area contributed by atoms with Crippen LogP contribution in [0.25, 0.3) is 0 Å². The van der Waals surface area contributed by atoms with Crippen LogP contribution in [0.4, 0.5) is 0 Å². The Morgan fingerprint density at radius 1 is 1.21 bits per heavy atom. The summed E-state index contributed by atoms with van der Waals surface area (Å²) in [5.74, 6) is 0.604. The summed E-state index contributed by atoms with van der Waals surface area (Å²) in [4.78, 5) is 14.1. The van der Waals surface area contributed by atoms with E-state index in [9.17, 15) is 4.79 Å². The van der Waals surface area contributed by atoms with Gasteiger partial charge in [0.05, 0.1) is 6.04 Å². The molecule has 0 aliphatic rings. The number of amides is 1. The molecule has 0 aliphatic carbocycles. The highest BCUT2D eigenvalue weighted by molar-refractivity contribution is 5.82. The van der Waals surface area contributed by atoms with Gasteiger partial charge in [0.25, 0.3) is 0 Å². The minimum atomic E-state index is -0.456. The van der Waals surface area contributed by atoms with Gasteiger partial charge >= 0.3 is 0 Å². The van der Waals surface area contributed by atoms with Crippen LogP contribution < -0.4 is 5.73 Å². The number of carbonyl (C=O) groups excluding carboxylic acids is 1. The van der Waals surface area contributed by atoms with Gasteiger partial charge in [0, 0.05) is 13.1 Å². The minimum absolute atomic E-state index is 0.0250. The third-order valence-corrected chi connectivity index (χ3v) is 3.44. The van der Waals surface area contributed by atoms with E-state index in [1.807, 2.05) is 37.4 Å². The molecule has 1 amide bonds. The molecule has 0 heterocycles. The summed E-state index contributed by atoms with van der Waals surface area (Å²) >= 11 is 0. The van der Waals surface area contributed by atoms with Crippen LogP contribution in [0.5, 0.6) is 0 Å². The highest BCUT2D eigenvalue weighted by Gasteiger charge is 2.22. The van der Waals surface area contributed by atoms with Gasteiger partial charge in [-0.1, -0.05) is 44.2 Å². The molecule has 0 bridgehead atoms. The van der Waals surface area contributed by atoms with E-state index in [2.05, 4.69) is 20.8 Å². The highest BCUT2D eigenvalue weighted by Crippen LogP contribution is 2.11. The zero-order valence-corrected chi connectivity index (χ0v) is 12.5. The van der Waals surface area contributed by atoms with Crippen LogP contribution in [0.15, 0.2) is 30.3 Å². The van der Waals surface area contributed by atoms with Crippen LogP contribution in [-0.2, 0) is 11.2 Å². The zero-order chi connectivity index (χ0) is 14.4. The second kappa shape index (κ2) is 7.29. The average molecular weight is 262 g/mol. The second-order valence-electron chi connectivity index (χ2n) is 5.72. The van der Waals surface area contributed by atoms with Gasteiger partial charge in [-0.3, -0.25) is 4.79 Å². The lowest BCUT2D eigenvalue weighted by atomic mass is 10.0. The summed E-state index contributed by atoms with van der Waals surface area (Å²) in [5, 5.41) is 0. The molecule has 0 aromatic heterocycles. The highest BCUT2D eigenvalue weighted by atomic mass is 16.2. The van der Waals surface area contributed by atoms with E-state index in [1.54, 1.807) is 4.90 Å². The van der Waals surface area contributed by atoms with Gasteiger partial charge in [-0.2, -0.15) is 0 Å². The number of carbonyl (C=O) groups is 1. The molecule has 2 N–H and O–H groups in total. The number of hydrogen-bond donors (Lipinski definition) is 1. The molecule has 106 valence electrons. The molecule has 3 nitrogen and oxygen atoms in total. The molecule has 1 aromatic carbocycles. The van der Waals surface area contributed by atoms with Crippen molar-refractivity contribution in [2.75, 3.05) is 7.05 Å². The van der Waals surface area contributed by atoms with Crippen molar-refractivity contribution in [3.05, 3.63) is 35.9 Å². The number of hydrogen-bond acceptors (Lipinski definition) is 2. The molecule has 1 aromatic rings. The average Bonchev–Trinajstić information content (AvgIpc) is 2.37. The molecule has 1 unspecified atom stereocenters. The Kier molecular flexibility index (Phi) is 6.03. The fraction of sp³-hybridized carbons (Fsp3) is 0.562. The Morgan fingerprint density at radius 3 is 2.32 bits per heavy atom. The first kappa shape index (κ1) is 15.7. The van der Waals surface area contributed by atoms with Gasteiger partial charge in [-0.05, 0) is 31.2 Å². The van der Waals surface area contributed by atoms with E-state index in [4.69, 9.17) is 5.73 Å². The molecule has 0 saturated heterocycles. The maximum atomic E-state index is 12.3. The Bertz CT molecular complexity index is 389. The predicted molar refractivity (Wildman–Crippen MR) is 79.8 cm³/mol. The summed E-state index contributed by atoms with van der Waals surface area (Å²) < 4.78 is 0. The zero-order valence-electron chi connectivity index (χ0n) is 12.5. The summed E-state index contributed by atoms with van der Waals surface area (Å²) in [6.07, 6.45) is 1.60. The van der Waals surface area contributed by atoms with E-state index in [0.29, 0.717) is 12.3 Å². The Balaban J connectivity index is 2.56. The van der Waals surface area contributed by atoms with Crippen LogP contribution >= 0.6 is 0 Å². The van der Waals surface area contributed by atoms with E-state index >= 15 is 0 Å². The number of nitrogens with two attached hydrogens (primary N) is 1. The second-order valence-corrected chi connectivity index (χ2v) is 5.72. The normalized spacial score (nSPS) is 14.2. The molecule has 3 heteroatoms. The molecule has 2 atom stereocenters. The summed E-state index contributed by atoms with van der Waals surface area (Å²) in [5.41, 5.74) is 7.13. The Hall–Kier alpha value is -1.35. The van der Waals surface area contributed by atoms with Gasteiger partial charge in [0.1, 0.15) is 0 Å². The fourth-order valence-electron chi connectivity index (χ4n) is 2.27. The molecule has 0 radical (unpaired) electrons. The molecule has 1 rings (SSSR count). The molecule has 0 aliphatic heterocycles. The van der Waals surface area contributed by atoms with Crippen LogP contribution in [0.3, 0.4) is 0 Å².